The highest BCUT2D eigenvalue weighted by atomic mass is 16.5. The zero-order chi connectivity index (χ0) is 13.8. The molecule has 0 saturated carbocycles. The predicted molar refractivity (Wildman–Crippen MR) is 71.7 cm³/mol. The first-order valence-electron chi connectivity index (χ1n) is 5.94. The van der Waals surface area contributed by atoms with Gasteiger partial charge in [0.2, 0.25) is 0 Å². The van der Waals surface area contributed by atoms with Crippen molar-refractivity contribution in [3.8, 4) is 5.75 Å². The molecular formula is C15H14O4. The summed E-state index contributed by atoms with van der Waals surface area (Å²) in [4.78, 5) is 22.8. The van der Waals surface area contributed by atoms with Crippen LogP contribution in [0.4, 0.5) is 0 Å². The highest BCUT2D eigenvalue weighted by molar-refractivity contribution is 6.11. The van der Waals surface area contributed by atoms with Crippen molar-refractivity contribution in [1.29, 1.82) is 0 Å². The van der Waals surface area contributed by atoms with Crippen LogP contribution in [0.3, 0.4) is 0 Å². The van der Waals surface area contributed by atoms with Gasteiger partial charge in [0, 0.05) is 6.42 Å². The van der Waals surface area contributed by atoms with Gasteiger partial charge in [0.15, 0.2) is 5.78 Å². The molecule has 0 radical (unpaired) electrons. The molecule has 0 aliphatic carbocycles. The van der Waals surface area contributed by atoms with E-state index in [0.717, 1.165) is 10.8 Å². The van der Waals surface area contributed by atoms with Crippen LogP contribution in [-0.4, -0.2) is 24.0 Å². The predicted octanol–water partition coefficient (Wildman–Crippen LogP) is 2.90. The Labute approximate surface area is 110 Å². The Morgan fingerprint density at radius 3 is 2.53 bits per heavy atom. The summed E-state index contributed by atoms with van der Waals surface area (Å²) in [6.07, 6.45) is -0.203. The Bertz CT molecular complexity index is 631. The molecule has 0 bridgehead atoms. The molecular weight excluding hydrogens is 244 g/mol. The second-order valence-electron chi connectivity index (χ2n) is 4.18. The lowest BCUT2D eigenvalue weighted by atomic mass is 9.98. The molecule has 4 heteroatoms. The fourth-order valence-corrected chi connectivity index (χ4v) is 2.05. The summed E-state index contributed by atoms with van der Waals surface area (Å²) in [5.74, 6) is -0.710. The van der Waals surface area contributed by atoms with Gasteiger partial charge in [-0.1, -0.05) is 30.3 Å². The zero-order valence-electron chi connectivity index (χ0n) is 10.6. The SMILES string of the molecule is COc1ccc2ccccc2c1C(=O)CCC(=O)O. The molecule has 1 N–H and O–H groups in total. The van der Waals surface area contributed by atoms with Crippen molar-refractivity contribution in [2.75, 3.05) is 7.11 Å². The average Bonchev–Trinajstić information content (AvgIpc) is 2.43. The van der Waals surface area contributed by atoms with Gasteiger partial charge in [-0.05, 0) is 16.8 Å². The largest absolute Gasteiger partial charge is 0.496 e. The maximum atomic E-state index is 12.2. The molecule has 19 heavy (non-hydrogen) atoms. The van der Waals surface area contributed by atoms with Gasteiger partial charge in [-0.3, -0.25) is 9.59 Å². The molecule has 0 atom stereocenters. The third-order valence-corrected chi connectivity index (χ3v) is 2.96. The van der Waals surface area contributed by atoms with Crippen molar-refractivity contribution in [2.24, 2.45) is 0 Å². The summed E-state index contributed by atoms with van der Waals surface area (Å²) < 4.78 is 5.21. The number of carbonyl (C=O) groups excluding carboxylic acids is 1. The van der Waals surface area contributed by atoms with Crippen molar-refractivity contribution in [3.63, 3.8) is 0 Å². The number of hydrogen-bond donors (Lipinski definition) is 1. The van der Waals surface area contributed by atoms with E-state index in [4.69, 9.17) is 9.84 Å². The summed E-state index contributed by atoms with van der Waals surface area (Å²) in [7, 11) is 1.50. The molecule has 2 aromatic carbocycles. The highest BCUT2D eigenvalue weighted by Gasteiger charge is 2.16. The minimum Gasteiger partial charge on any atom is -0.496 e. The van der Waals surface area contributed by atoms with E-state index >= 15 is 0 Å². The minimum absolute atomic E-state index is 0.0281. The molecule has 0 aliphatic heterocycles. The molecule has 0 heterocycles. The summed E-state index contributed by atoms with van der Waals surface area (Å²) >= 11 is 0. The van der Waals surface area contributed by atoms with Gasteiger partial charge in [0.05, 0.1) is 19.1 Å². The van der Waals surface area contributed by atoms with Gasteiger partial charge in [-0.15, -0.1) is 0 Å². The fraction of sp³-hybridized carbons (Fsp3) is 0.200. The number of benzene rings is 2. The zero-order valence-corrected chi connectivity index (χ0v) is 10.6. The van der Waals surface area contributed by atoms with Crippen LogP contribution < -0.4 is 4.74 Å². The van der Waals surface area contributed by atoms with Gasteiger partial charge >= 0.3 is 5.97 Å². The van der Waals surface area contributed by atoms with Crippen LogP contribution in [0.25, 0.3) is 10.8 Å². The first-order chi connectivity index (χ1) is 9.13. The lowest BCUT2D eigenvalue weighted by Gasteiger charge is -2.10. The minimum atomic E-state index is -0.979. The van der Waals surface area contributed by atoms with Gasteiger partial charge < -0.3 is 9.84 Å². The topological polar surface area (TPSA) is 63.6 Å². The second kappa shape index (κ2) is 5.52. The number of methoxy groups -OCH3 is 1. The standard InChI is InChI=1S/C15H14O4/c1-19-13-8-6-10-4-2-3-5-11(10)15(13)12(16)7-9-14(17)18/h2-6,8H,7,9H2,1H3,(H,17,18). The molecule has 0 aliphatic rings. The van der Waals surface area contributed by atoms with Crippen molar-refractivity contribution in [3.05, 3.63) is 42.0 Å². The summed E-state index contributed by atoms with van der Waals surface area (Å²) in [5.41, 5.74) is 0.460. The normalized spacial score (nSPS) is 10.4. The summed E-state index contributed by atoms with van der Waals surface area (Å²) in [5, 5.41) is 10.4. The number of fused-ring (bicyclic) bond motifs is 1. The third-order valence-electron chi connectivity index (χ3n) is 2.96. The van der Waals surface area contributed by atoms with Crippen LogP contribution in [0.5, 0.6) is 5.75 Å². The van der Waals surface area contributed by atoms with Gasteiger partial charge in [0.25, 0.3) is 0 Å². The van der Waals surface area contributed by atoms with Crippen molar-refractivity contribution in [1.82, 2.24) is 0 Å². The van der Waals surface area contributed by atoms with Crippen LogP contribution in [0, 0.1) is 0 Å². The maximum absolute atomic E-state index is 12.2. The fourth-order valence-electron chi connectivity index (χ4n) is 2.05. The monoisotopic (exact) mass is 258 g/mol. The molecule has 0 fully saturated rings. The number of ether oxygens (including phenoxy) is 1. The van der Waals surface area contributed by atoms with E-state index in [9.17, 15) is 9.59 Å². The van der Waals surface area contributed by atoms with E-state index in [1.807, 2.05) is 30.3 Å². The molecule has 0 spiro atoms. The number of carbonyl (C=O) groups is 2. The molecule has 0 unspecified atom stereocenters. The number of hydrogen-bond acceptors (Lipinski definition) is 3. The number of carboxylic acid groups (broad SMARTS) is 1. The third kappa shape index (κ3) is 2.73. The Kier molecular flexibility index (Phi) is 3.80. The molecule has 4 nitrogen and oxygen atoms in total. The van der Waals surface area contributed by atoms with E-state index in [-0.39, 0.29) is 18.6 Å². The highest BCUT2D eigenvalue weighted by Crippen LogP contribution is 2.29. The molecule has 2 rings (SSSR count). The van der Waals surface area contributed by atoms with Crippen LogP contribution in [-0.2, 0) is 4.79 Å². The lowest BCUT2D eigenvalue weighted by Crippen LogP contribution is -2.06. The van der Waals surface area contributed by atoms with Crippen LogP contribution >= 0.6 is 0 Å². The molecule has 0 saturated heterocycles. The molecule has 2 aromatic rings. The Hall–Kier alpha value is -2.36. The first-order valence-corrected chi connectivity index (χ1v) is 5.94. The van der Waals surface area contributed by atoms with E-state index in [1.165, 1.54) is 7.11 Å². The quantitative estimate of drug-likeness (QED) is 0.837. The van der Waals surface area contributed by atoms with E-state index in [0.29, 0.717) is 11.3 Å². The average molecular weight is 258 g/mol. The van der Waals surface area contributed by atoms with Gasteiger partial charge in [-0.2, -0.15) is 0 Å². The van der Waals surface area contributed by atoms with E-state index in [2.05, 4.69) is 0 Å². The number of ketones is 1. The molecule has 0 aromatic heterocycles. The number of carboxylic acids is 1. The van der Waals surface area contributed by atoms with Gasteiger partial charge in [0.1, 0.15) is 5.75 Å². The van der Waals surface area contributed by atoms with E-state index in [1.54, 1.807) is 6.07 Å². The number of rotatable bonds is 5. The molecule has 0 amide bonds. The van der Waals surface area contributed by atoms with Crippen molar-refractivity contribution in [2.45, 2.75) is 12.8 Å². The number of Topliss-reactive ketones (excluding diaryl/α,β-unsaturated/α-hetero) is 1. The second-order valence-corrected chi connectivity index (χ2v) is 4.18. The first kappa shape index (κ1) is 13.1. The molecule has 98 valence electrons. The van der Waals surface area contributed by atoms with Gasteiger partial charge in [-0.25, -0.2) is 0 Å². The maximum Gasteiger partial charge on any atom is 0.303 e. The summed E-state index contributed by atoms with van der Waals surface area (Å²) in [6.45, 7) is 0. The summed E-state index contributed by atoms with van der Waals surface area (Å²) in [6, 6.07) is 11.1. The van der Waals surface area contributed by atoms with Crippen LogP contribution in [0.1, 0.15) is 23.2 Å². The lowest BCUT2D eigenvalue weighted by molar-refractivity contribution is -0.136. The Balaban J connectivity index is 2.49. The Morgan fingerprint density at radius 1 is 1.11 bits per heavy atom. The Morgan fingerprint density at radius 2 is 1.84 bits per heavy atom. The van der Waals surface area contributed by atoms with Crippen molar-refractivity contribution < 1.29 is 19.4 Å². The van der Waals surface area contributed by atoms with Crippen molar-refractivity contribution >= 4 is 22.5 Å². The van der Waals surface area contributed by atoms with E-state index < -0.39 is 5.97 Å². The smallest absolute Gasteiger partial charge is 0.303 e. The van der Waals surface area contributed by atoms with Crippen LogP contribution in [0.15, 0.2) is 36.4 Å². The van der Waals surface area contributed by atoms with Crippen LogP contribution in [0.2, 0.25) is 0 Å². The number of aliphatic carboxylic acids is 1.